The SMILES string of the molecule is COCc1cc(OCC(=O)c2ccc(F)cc2)nc(-c2ccncc2)n1. The number of rotatable bonds is 7. The Morgan fingerprint density at radius 2 is 1.81 bits per heavy atom. The van der Waals surface area contributed by atoms with Crippen molar-refractivity contribution >= 4 is 5.78 Å². The third-order valence-corrected chi connectivity index (χ3v) is 3.50. The van der Waals surface area contributed by atoms with E-state index in [9.17, 15) is 9.18 Å². The monoisotopic (exact) mass is 353 g/mol. The van der Waals surface area contributed by atoms with Gasteiger partial charge >= 0.3 is 0 Å². The second-order valence-corrected chi connectivity index (χ2v) is 5.41. The Labute approximate surface area is 149 Å². The van der Waals surface area contributed by atoms with Crippen molar-refractivity contribution in [1.82, 2.24) is 15.0 Å². The molecule has 0 aliphatic heterocycles. The van der Waals surface area contributed by atoms with Gasteiger partial charge in [0.1, 0.15) is 5.82 Å². The lowest BCUT2D eigenvalue weighted by Crippen LogP contribution is -2.13. The summed E-state index contributed by atoms with van der Waals surface area (Å²) in [4.78, 5) is 24.9. The number of ketones is 1. The lowest BCUT2D eigenvalue weighted by molar-refractivity contribution is 0.0917. The predicted molar refractivity (Wildman–Crippen MR) is 92.2 cm³/mol. The summed E-state index contributed by atoms with van der Waals surface area (Å²) >= 11 is 0. The Bertz CT molecular complexity index is 886. The minimum atomic E-state index is -0.399. The summed E-state index contributed by atoms with van der Waals surface area (Å²) < 4.78 is 23.6. The van der Waals surface area contributed by atoms with Crippen molar-refractivity contribution in [3.63, 3.8) is 0 Å². The van der Waals surface area contributed by atoms with Gasteiger partial charge in [-0.1, -0.05) is 0 Å². The van der Waals surface area contributed by atoms with E-state index >= 15 is 0 Å². The van der Waals surface area contributed by atoms with Crippen LogP contribution in [0.5, 0.6) is 5.88 Å². The molecule has 0 bridgehead atoms. The summed E-state index contributed by atoms with van der Waals surface area (Å²) in [7, 11) is 1.56. The first-order valence-corrected chi connectivity index (χ1v) is 7.84. The maximum absolute atomic E-state index is 12.9. The number of carbonyl (C=O) groups excluding carboxylic acids is 1. The molecule has 2 aromatic heterocycles. The molecule has 0 unspecified atom stereocenters. The zero-order valence-corrected chi connectivity index (χ0v) is 14.1. The van der Waals surface area contributed by atoms with Crippen LogP contribution in [0.3, 0.4) is 0 Å². The standard InChI is InChI=1S/C19H16FN3O3/c1-25-11-16-10-18(23-19(22-16)14-6-8-21-9-7-14)26-12-17(24)13-2-4-15(20)5-3-13/h2-10H,11-12H2,1H3. The van der Waals surface area contributed by atoms with Crippen molar-refractivity contribution in [2.75, 3.05) is 13.7 Å². The molecule has 0 radical (unpaired) electrons. The molecule has 0 atom stereocenters. The molecule has 0 amide bonds. The minimum absolute atomic E-state index is 0.217. The van der Waals surface area contributed by atoms with Gasteiger partial charge in [0.15, 0.2) is 18.2 Å². The maximum atomic E-state index is 12.9. The van der Waals surface area contributed by atoms with Gasteiger partial charge in [-0.3, -0.25) is 9.78 Å². The molecule has 3 rings (SSSR count). The molecule has 2 heterocycles. The van der Waals surface area contributed by atoms with E-state index in [1.807, 2.05) is 0 Å². The fraction of sp³-hybridized carbons (Fsp3) is 0.158. The average molecular weight is 353 g/mol. The first-order valence-electron chi connectivity index (χ1n) is 7.84. The molecular formula is C19H16FN3O3. The van der Waals surface area contributed by atoms with Crippen molar-refractivity contribution in [3.8, 4) is 17.3 Å². The van der Waals surface area contributed by atoms with E-state index in [4.69, 9.17) is 9.47 Å². The Balaban J connectivity index is 1.79. The van der Waals surface area contributed by atoms with Crippen LogP contribution in [-0.4, -0.2) is 34.5 Å². The van der Waals surface area contributed by atoms with Gasteiger partial charge in [-0.2, -0.15) is 4.98 Å². The van der Waals surface area contributed by atoms with E-state index in [0.29, 0.717) is 17.1 Å². The Kier molecular flexibility index (Phi) is 5.60. The van der Waals surface area contributed by atoms with E-state index in [0.717, 1.165) is 5.56 Å². The second kappa shape index (κ2) is 8.26. The quantitative estimate of drug-likeness (QED) is 0.608. The summed E-state index contributed by atoms with van der Waals surface area (Å²) in [6, 6.07) is 10.5. The van der Waals surface area contributed by atoms with Gasteiger partial charge in [0.2, 0.25) is 5.88 Å². The molecule has 0 fully saturated rings. The van der Waals surface area contributed by atoms with Crippen LogP contribution < -0.4 is 4.74 Å². The van der Waals surface area contributed by atoms with Crippen molar-refractivity contribution in [1.29, 1.82) is 0 Å². The van der Waals surface area contributed by atoms with Crippen molar-refractivity contribution in [2.45, 2.75) is 6.61 Å². The Hall–Kier alpha value is -3.19. The smallest absolute Gasteiger partial charge is 0.217 e. The van der Waals surface area contributed by atoms with Gasteiger partial charge in [-0.25, -0.2) is 9.37 Å². The maximum Gasteiger partial charge on any atom is 0.217 e. The van der Waals surface area contributed by atoms with Gasteiger partial charge in [-0.15, -0.1) is 0 Å². The molecule has 0 spiro atoms. The summed E-state index contributed by atoms with van der Waals surface area (Å²) in [5, 5.41) is 0. The normalized spacial score (nSPS) is 10.5. The fourth-order valence-electron chi connectivity index (χ4n) is 2.26. The first kappa shape index (κ1) is 17.6. The van der Waals surface area contributed by atoms with Gasteiger partial charge in [0.05, 0.1) is 12.3 Å². The van der Waals surface area contributed by atoms with E-state index in [1.165, 1.54) is 24.3 Å². The van der Waals surface area contributed by atoms with Crippen LogP contribution in [0.2, 0.25) is 0 Å². The molecule has 0 aliphatic carbocycles. The van der Waals surface area contributed by atoms with Crippen LogP contribution in [-0.2, 0) is 11.3 Å². The number of ether oxygens (including phenoxy) is 2. The zero-order valence-electron chi connectivity index (χ0n) is 14.1. The van der Waals surface area contributed by atoms with Crippen molar-refractivity contribution in [3.05, 3.63) is 71.9 Å². The summed E-state index contributed by atoms with van der Waals surface area (Å²) in [5.41, 5.74) is 1.76. The van der Waals surface area contributed by atoms with Crippen LogP contribution in [0.1, 0.15) is 16.1 Å². The molecule has 0 aliphatic rings. The van der Waals surface area contributed by atoms with E-state index in [2.05, 4.69) is 15.0 Å². The Morgan fingerprint density at radius 1 is 1.08 bits per heavy atom. The number of benzene rings is 1. The third-order valence-electron chi connectivity index (χ3n) is 3.50. The highest BCUT2D eigenvalue weighted by Crippen LogP contribution is 2.19. The summed E-state index contributed by atoms with van der Waals surface area (Å²) in [5.74, 6) is 0.0346. The number of aromatic nitrogens is 3. The molecule has 0 N–H and O–H groups in total. The van der Waals surface area contributed by atoms with Gasteiger partial charge in [-0.05, 0) is 36.4 Å². The highest BCUT2D eigenvalue weighted by atomic mass is 19.1. The number of pyridine rings is 1. The number of hydrogen-bond donors (Lipinski definition) is 0. The number of carbonyl (C=O) groups is 1. The van der Waals surface area contributed by atoms with Crippen LogP contribution >= 0.6 is 0 Å². The van der Waals surface area contributed by atoms with Crippen LogP contribution in [0, 0.1) is 5.82 Å². The van der Waals surface area contributed by atoms with Crippen molar-refractivity contribution < 1.29 is 18.7 Å². The minimum Gasteiger partial charge on any atom is -0.469 e. The molecule has 0 saturated carbocycles. The van der Waals surface area contributed by atoms with Gasteiger partial charge in [0.25, 0.3) is 0 Å². The van der Waals surface area contributed by atoms with E-state index in [1.54, 1.807) is 37.7 Å². The van der Waals surface area contributed by atoms with E-state index in [-0.39, 0.29) is 24.9 Å². The van der Waals surface area contributed by atoms with Crippen molar-refractivity contribution in [2.24, 2.45) is 0 Å². The second-order valence-electron chi connectivity index (χ2n) is 5.41. The largest absolute Gasteiger partial charge is 0.469 e. The van der Waals surface area contributed by atoms with Gasteiger partial charge in [0, 0.05) is 36.7 Å². The predicted octanol–water partition coefficient (Wildman–Crippen LogP) is 3.09. The molecular weight excluding hydrogens is 337 g/mol. The highest BCUT2D eigenvalue weighted by Gasteiger charge is 2.11. The molecule has 6 nitrogen and oxygen atoms in total. The lowest BCUT2D eigenvalue weighted by atomic mass is 10.1. The molecule has 0 saturated heterocycles. The topological polar surface area (TPSA) is 74.2 Å². The number of halogens is 1. The molecule has 26 heavy (non-hydrogen) atoms. The number of methoxy groups -OCH3 is 1. The van der Waals surface area contributed by atoms with Crippen LogP contribution in [0.4, 0.5) is 4.39 Å². The van der Waals surface area contributed by atoms with Gasteiger partial charge < -0.3 is 9.47 Å². The fourth-order valence-corrected chi connectivity index (χ4v) is 2.26. The third kappa shape index (κ3) is 4.46. The average Bonchev–Trinajstić information content (AvgIpc) is 2.67. The lowest BCUT2D eigenvalue weighted by Gasteiger charge is -2.09. The zero-order chi connectivity index (χ0) is 18.4. The molecule has 3 aromatic rings. The van der Waals surface area contributed by atoms with E-state index < -0.39 is 5.82 Å². The summed E-state index contributed by atoms with van der Waals surface area (Å²) in [6.07, 6.45) is 3.28. The molecule has 132 valence electrons. The Morgan fingerprint density at radius 3 is 2.50 bits per heavy atom. The molecule has 1 aromatic carbocycles. The van der Waals surface area contributed by atoms with Crippen LogP contribution in [0.15, 0.2) is 54.9 Å². The first-order chi connectivity index (χ1) is 12.7. The number of nitrogens with zero attached hydrogens (tertiary/aromatic N) is 3. The molecule has 7 heteroatoms. The summed E-state index contributed by atoms with van der Waals surface area (Å²) in [6.45, 7) is 0.0632. The highest BCUT2D eigenvalue weighted by molar-refractivity contribution is 5.97. The van der Waals surface area contributed by atoms with Crippen LogP contribution in [0.25, 0.3) is 11.4 Å². The number of Topliss-reactive ketones (excluding diaryl/α,β-unsaturated/α-hetero) is 1. The number of hydrogen-bond acceptors (Lipinski definition) is 6.